The number of hydrogen-bond acceptors (Lipinski definition) is 7. The highest BCUT2D eigenvalue weighted by atomic mass is 19.4. The molecule has 0 unspecified atom stereocenters. The summed E-state index contributed by atoms with van der Waals surface area (Å²) in [4.78, 5) is 24.0. The van der Waals surface area contributed by atoms with Crippen molar-refractivity contribution < 1.29 is 31.9 Å². The topological polar surface area (TPSA) is 106 Å². The van der Waals surface area contributed by atoms with Gasteiger partial charge in [-0.2, -0.15) is 13.2 Å². The number of ether oxygens (including phenoxy) is 1. The molecule has 1 aliphatic carbocycles. The Labute approximate surface area is 205 Å². The number of alkyl halides is 3. The summed E-state index contributed by atoms with van der Waals surface area (Å²) >= 11 is 0. The summed E-state index contributed by atoms with van der Waals surface area (Å²) in [6, 6.07) is 11.8. The lowest BCUT2D eigenvalue weighted by atomic mass is 9.77. The average Bonchev–Trinajstić information content (AvgIpc) is 3.33. The molecule has 0 spiro atoms. The van der Waals surface area contributed by atoms with Gasteiger partial charge in [0, 0.05) is 17.8 Å². The second-order valence-corrected chi connectivity index (χ2v) is 8.69. The van der Waals surface area contributed by atoms with Crippen molar-refractivity contribution in [2.75, 3.05) is 17.7 Å². The fourth-order valence-electron chi connectivity index (χ4n) is 4.30. The summed E-state index contributed by atoms with van der Waals surface area (Å²) in [5, 5.41) is 12.6. The molecule has 2 N–H and O–H groups in total. The summed E-state index contributed by atoms with van der Waals surface area (Å²) in [5.74, 6) is -0.398. The fraction of sp³-hybridized carbons (Fsp3) is 0.360. The molecule has 1 aromatic heterocycles. The van der Waals surface area contributed by atoms with E-state index in [0.717, 1.165) is 43.4 Å². The Morgan fingerprint density at radius 3 is 2.42 bits per heavy atom. The molecule has 1 fully saturated rings. The lowest BCUT2D eigenvalue weighted by Gasteiger charge is -2.28. The number of carbonyl (C=O) groups is 2. The van der Waals surface area contributed by atoms with Crippen LogP contribution >= 0.6 is 0 Å². The van der Waals surface area contributed by atoms with Crippen LogP contribution in [0.3, 0.4) is 0 Å². The molecular formula is C25H25F3N4O4. The zero-order valence-electron chi connectivity index (χ0n) is 19.5. The van der Waals surface area contributed by atoms with Crippen LogP contribution in [0, 0.1) is 5.92 Å². The quantitative estimate of drug-likeness (QED) is 0.386. The van der Waals surface area contributed by atoms with Gasteiger partial charge in [0.25, 0.3) is 0 Å². The molecule has 0 atom stereocenters. The number of halogens is 3. The van der Waals surface area contributed by atoms with Gasteiger partial charge in [-0.3, -0.25) is 9.59 Å². The molecule has 0 saturated heterocycles. The zero-order valence-corrected chi connectivity index (χ0v) is 19.5. The number of hydrogen-bond donors (Lipinski definition) is 2. The number of aromatic nitrogens is 2. The number of amides is 1. The molecule has 0 aliphatic heterocycles. The van der Waals surface area contributed by atoms with Crippen molar-refractivity contribution in [1.29, 1.82) is 0 Å². The van der Waals surface area contributed by atoms with E-state index in [0.29, 0.717) is 23.9 Å². The highest BCUT2D eigenvalue weighted by Crippen LogP contribution is 2.37. The Bertz CT molecular complexity index is 1200. The summed E-state index contributed by atoms with van der Waals surface area (Å²) in [5.41, 5.74) is 0.960. The first-order valence-corrected chi connectivity index (χ1v) is 11.5. The number of nitrogens with zero attached hydrogens (tertiary/aromatic N) is 2. The third-order valence-corrected chi connectivity index (χ3v) is 6.23. The third-order valence-electron chi connectivity index (χ3n) is 6.23. The molecule has 1 amide bonds. The van der Waals surface area contributed by atoms with Crippen molar-refractivity contribution in [2.24, 2.45) is 5.92 Å². The highest BCUT2D eigenvalue weighted by molar-refractivity contribution is 6.00. The molecule has 190 valence electrons. The number of anilines is 3. The second kappa shape index (κ2) is 10.8. The van der Waals surface area contributed by atoms with E-state index in [-0.39, 0.29) is 23.6 Å². The van der Waals surface area contributed by atoms with Crippen molar-refractivity contribution in [2.45, 2.75) is 44.2 Å². The van der Waals surface area contributed by atoms with E-state index >= 15 is 0 Å². The summed E-state index contributed by atoms with van der Waals surface area (Å²) in [6.45, 7) is 0. The van der Waals surface area contributed by atoms with Crippen LogP contribution in [0.25, 0.3) is 0 Å². The van der Waals surface area contributed by atoms with Gasteiger partial charge >= 0.3 is 30.0 Å². The Hall–Kier alpha value is -3.89. The second-order valence-electron chi connectivity index (χ2n) is 8.69. The van der Waals surface area contributed by atoms with Crippen LogP contribution < -0.4 is 10.6 Å². The first kappa shape index (κ1) is 25.2. The molecule has 0 bridgehead atoms. The molecule has 4 rings (SSSR count). The lowest BCUT2D eigenvalue weighted by Crippen LogP contribution is -2.17. The number of benzene rings is 2. The van der Waals surface area contributed by atoms with Gasteiger partial charge in [-0.1, -0.05) is 23.3 Å². The van der Waals surface area contributed by atoms with Gasteiger partial charge in [-0.15, -0.1) is 5.10 Å². The molecule has 1 saturated carbocycles. The van der Waals surface area contributed by atoms with Crippen molar-refractivity contribution >= 4 is 29.3 Å². The van der Waals surface area contributed by atoms with Gasteiger partial charge in [0.2, 0.25) is 0 Å². The van der Waals surface area contributed by atoms with Crippen LogP contribution in [0.15, 0.2) is 52.9 Å². The van der Waals surface area contributed by atoms with Crippen LogP contribution in [0.1, 0.15) is 59.8 Å². The molecule has 2 aromatic carbocycles. The normalized spacial score (nSPS) is 17.9. The predicted molar refractivity (Wildman–Crippen MR) is 125 cm³/mol. The monoisotopic (exact) mass is 502 g/mol. The number of nitrogens with one attached hydrogen (secondary N) is 2. The molecular weight excluding hydrogens is 477 g/mol. The van der Waals surface area contributed by atoms with Crippen molar-refractivity contribution in [3.8, 4) is 0 Å². The number of methoxy groups -OCH3 is 1. The Morgan fingerprint density at radius 1 is 1.03 bits per heavy atom. The van der Waals surface area contributed by atoms with E-state index in [2.05, 4.69) is 20.8 Å². The van der Waals surface area contributed by atoms with E-state index < -0.39 is 17.6 Å². The molecule has 11 heteroatoms. The minimum absolute atomic E-state index is 0.0929. The van der Waals surface area contributed by atoms with Gasteiger partial charge in [0.15, 0.2) is 0 Å². The van der Waals surface area contributed by atoms with Gasteiger partial charge < -0.3 is 19.8 Å². The Kier molecular flexibility index (Phi) is 7.56. The van der Waals surface area contributed by atoms with Crippen molar-refractivity contribution in [1.82, 2.24) is 10.2 Å². The molecule has 0 radical (unpaired) electrons. The summed E-state index contributed by atoms with van der Waals surface area (Å²) in [6.07, 6.45) is -0.134. The highest BCUT2D eigenvalue weighted by Gasteiger charge is 2.30. The van der Waals surface area contributed by atoms with Crippen molar-refractivity contribution in [3.05, 3.63) is 65.5 Å². The van der Waals surface area contributed by atoms with Gasteiger partial charge in [0.1, 0.15) is 0 Å². The maximum atomic E-state index is 12.9. The summed E-state index contributed by atoms with van der Waals surface area (Å²) in [7, 11) is 1.41. The smallest absolute Gasteiger partial charge is 0.416 e. The Balaban J connectivity index is 1.31. The first-order valence-electron chi connectivity index (χ1n) is 11.5. The largest absolute Gasteiger partial charge is 0.469 e. The standard InChI is InChI=1S/C25H25F3N4O4/c1-35-21(33)13-15-5-7-16(8-6-15)17-9-11-19(12-10-17)29-22(34)23-31-32-24(36-23)30-20-4-2-3-18(14-20)25(26,27)28/h2-4,9-12,14-16H,5-8,13H2,1H3,(H,29,34)(H,30,32). The van der Waals surface area contributed by atoms with E-state index in [1.807, 2.05) is 12.1 Å². The molecule has 3 aromatic rings. The van der Waals surface area contributed by atoms with Gasteiger partial charge in [0.05, 0.1) is 12.7 Å². The van der Waals surface area contributed by atoms with E-state index in [1.54, 1.807) is 12.1 Å². The average molecular weight is 502 g/mol. The van der Waals surface area contributed by atoms with Gasteiger partial charge in [-0.05, 0) is 73.4 Å². The SMILES string of the molecule is COC(=O)CC1CCC(c2ccc(NC(=O)c3nnc(Nc4cccc(C(F)(F)F)c4)o3)cc2)CC1. The molecule has 1 heterocycles. The van der Waals surface area contributed by atoms with Crippen LogP contribution in [0.2, 0.25) is 0 Å². The number of rotatable bonds is 7. The van der Waals surface area contributed by atoms with E-state index in [4.69, 9.17) is 9.15 Å². The molecule has 8 nitrogen and oxygen atoms in total. The minimum Gasteiger partial charge on any atom is -0.469 e. The minimum atomic E-state index is -4.49. The Morgan fingerprint density at radius 2 is 1.75 bits per heavy atom. The van der Waals surface area contributed by atoms with Crippen molar-refractivity contribution in [3.63, 3.8) is 0 Å². The number of esters is 1. The number of carbonyl (C=O) groups excluding carboxylic acids is 2. The maximum absolute atomic E-state index is 12.9. The van der Waals surface area contributed by atoms with Crippen LogP contribution in [0.5, 0.6) is 0 Å². The fourth-order valence-corrected chi connectivity index (χ4v) is 4.30. The third kappa shape index (κ3) is 6.41. The predicted octanol–water partition coefficient (Wildman–Crippen LogP) is 5.92. The molecule has 36 heavy (non-hydrogen) atoms. The lowest BCUT2D eigenvalue weighted by molar-refractivity contribution is -0.142. The molecule has 1 aliphatic rings. The van der Waals surface area contributed by atoms with E-state index in [1.165, 1.54) is 19.2 Å². The van der Waals surface area contributed by atoms with Gasteiger partial charge in [-0.25, -0.2) is 0 Å². The van der Waals surface area contributed by atoms with E-state index in [9.17, 15) is 22.8 Å². The zero-order chi connectivity index (χ0) is 25.7. The van der Waals surface area contributed by atoms with Crippen LogP contribution in [-0.2, 0) is 15.7 Å². The van der Waals surface area contributed by atoms with Crippen LogP contribution in [0.4, 0.5) is 30.6 Å². The summed E-state index contributed by atoms with van der Waals surface area (Å²) < 4.78 is 48.6. The first-order chi connectivity index (χ1) is 17.2. The van der Waals surface area contributed by atoms with Crippen LogP contribution in [-0.4, -0.2) is 29.2 Å². The maximum Gasteiger partial charge on any atom is 0.416 e.